The normalized spacial score (nSPS) is 25.4. The van der Waals surface area contributed by atoms with Crippen LogP contribution in [0.2, 0.25) is 5.28 Å². The Morgan fingerprint density at radius 3 is 3.10 bits per heavy atom. The van der Waals surface area contributed by atoms with Crippen LogP contribution < -0.4 is 5.32 Å². The largest absolute Gasteiger partial charge is 0.462 e. The average molecular weight is 314 g/mol. The van der Waals surface area contributed by atoms with E-state index in [-0.39, 0.29) is 23.5 Å². The van der Waals surface area contributed by atoms with Gasteiger partial charge in [0.25, 0.3) is 0 Å². The van der Waals surface area contributed by atoms with Crippen LogP contribution in [0.4, 0.5) is 5.82 Å². The van der Waals surface area contributed by atoms with Crippen molar-refractivity contribution in [3.8, 4) is 0 Å². The third-order valence-electron chi connectivity index (χ3n) is 3.55. The molecule has 0 saturated heterocycles. The van der Waals surface area contributed by atoms with Crippen LogP contribution in [0.3, 0.4) is 0 Å². The second kappa shape index (κ2) is 6.58. The predicted octanol–water partition coefficient (Wildman–Crippen LogP) is 2.41. The molecule has 0 bridgehead atoms. The van der Waals surface area contributed by atoms with E-state index in [0.717, 1.165) is 19.3 Å². The van der Waals surface area contributed by atoms with Crippen molar-refractivity contribution in [1.29, 1.82) is 0 Å². The number of nitrogens with one attached hydrogen (secondary N) is 1. The van der Waals surface area contributed by atoms with E-state index in [0.29, 0.717) is 12.2 Å². The molecule has 0 aromatic carbocycles. The van der Waals surface area contributed by atoms with Crippen LogP contribution in [-0.2, 0) is 4.74 Å². The molecule has 0 radical (unpaired) electrons. The van der Waals surface area contributed by atoms with Crippen LogP contribution in [0.15, 0.2) is 6.20 Å². The average Bonchev–Trinajstić information content (AvgIpc) is 2.37. The summed E-state index contributed by atoms with van der Waals surface area (Å²) in [6.45, 7) is 3.83. The van der Waals surface area contributed by atoms with Crippen molar-refractivity contribution in [3.05, 3.63) is 17.0 Å². The highest BCUT2D eigenvalue weighted by atomic mass is 35.5. The molecule has 2 rings (SSSR count). The summed E-state index contributed by atoms with van der Waals surface area (Å²) in [5.41, 5.74) is -0.442. The Kier molecular flexibility index (Phi) is 5.00. The Balaban J connectivity index is 2.18. The van der Waals surface area contributed by atoms with E-state index in [9.17, 15) is 9.90 Å². The van der Waals surface area contributed by atoms with Gasteiger partial charge in [-0.15, -0.1) is 0 Å². The van der Waals surface area contributed by atoms with E-state index in [1.807, 2.05) is 6.92 Å². The van der Waals surface area contributed by atoms with Crippen molar-refractivity contribution in [2.75, 3.05) is 11.9 Å². The standard InChI is InChI=1S/C14H20ClN3O3/c1-3-21-12(19)10-8-16-13(15)18-11(10)17-9-5-4-6-14(2,20)7-9/h8-9,20H,3-7H2,1-2H3,(H,16,17,18). The van der Waals surface area contributed by atoms with Gasteiger partial charge in [-0.1, -0.05) is 0 Å². The Morgan fingerprint density at radius 1 is 1.67 bits per heavy atom. The first kappa shape index (κ1) is 16.0. The lowest BCUT2D eigenvalue weighted by Gasteiger charge is -2.34. The number of esters is 1. The second-order valence-corrected chi connectivity index (χ2v) is 5.89. The number of hydrogen-bond donors (Lipinski definition) is 2. The number of halogens is 1. The van der Waals surface area contributed by atoms with Gasteiger partial charge in [0.05, 0.1) is 12.2 Å². The summed E-state index contributed by atoms with van der Waals surface area (Å²) >= 11 is 5.81. The summed E-state index contributed by atoms with van der Waals surface area (Å²) in [6.07, 6.45) is 4.55. The number of rotatable bonds is 4. The molecule has 21 heavy (non-hydrogen) atoms. The maximum Gasteiger partial charge on any atom is 0.343 e. The van der Waals surface area contributed by atoms with Gasteiger partial charge in [-0.05, 0) is 51.1 Å². The number of aromatic nitrogens is 2. The molecular formula is C14H20ClN3O3. The Bertz CT molecular complexity index is 522. The maximum absolute atomic E-state index is 11.9. The molecule has 0 aliphatic heterocycles. The van der Waals surface area contributed by atoms with Crippen molar-refractivity contribution >= 4 is 23.4 Å². The van der Waals surface area contributed by atoms with Gasteiger partial charge in [0, 0.05) is 12.2 Å². The van der Waals surface area contributed by atoms with E-state index in [4.69, 9.17) is 16.3 Å². The number of carbonyl (C=O) groups excluding carboxylic acids is 1. The Labute approximate surface area is 128 Å². The summed E-state index contributed by atoms with van der Waals surface area (Å²) in [7, 11) is 0. The number of carbonyl (C=O) groups is 1. The highest BCUT2D eigenvalue weighted by Gasteiger charge is 2.30. The van der Waals surface area contributed by atoms with E-state index in [1.54, 1.807) is 6.92 Å². The van der Waals surface area contributed by atoms with E-state index >= 15 is 0 Å². The molecule has 1 heterocycles. The highest BCUT2D eigenvalue weighted by Crippen LogP contribution is 2.30. The van der Waals surface area contributed by atoms with Crippen LogP contribution in [0.5, 0.6) is 0 Å². The van der Waals surface area contributed by atoms with Crippen LogP contribution in [0.25, 0.3) is 0 Å². The molecular weight excluding hydrogens is 294 g/mol. The van der Waals surface area contributed by atoms with Crippen LogP contribution in [-0.4, -0.2) is 39.3 Å². The first-order chi connectivity index (χ1) is 9.91. The molecule has 0 spiro atoms. The van der Waals surface area contributed by atoms with Gasteiger partial charge >= 0.3 is 5.97 Å². The minimum absolute atomic E-state index is 0.0351. The molecule has 2 N–H and O–H groups in total. The number of hydrogen-bond acceptors (Lipinski definition) is 6. The van der Waals surface area contributed by atoms with Crippen LogP contribution >= 0.6 is 11.6 Å². The third kappa shape index (κ3) is 4.28. The predicted molar refractivity (Wildman–Crippen MR) is 79.5 cm³/mol. The van der Waals surface area contributed by atoms with E-state index < -0.39 is 11.6 Å². The molecule has 2 atom stereocenters. The number of nitrogens with zero attached hydrogens (tertiary/aromatic N) is 2. The molecule has 1 aliphatic carbocycles. The summed E-state index contributed by atoms with van der Waals surface area (Å²) in [4.78, 5) is 19.8. The highest BCUT2D eigenvalue weighted by molar-refractivity contribution is 6.28. The van der Waals surface area contributed by atoms with Crippen molar-refractivity contribution in [2.24, 2.45) is 0 Å². The van der Waals surface area contributed by atoms with Gasteiger partial charge in [0.2, 0.25) is 5.28 Å². The zero-order valence-electron chi connectivity index (χ0n) is 12.2. The quantitative estimate of drug-likeness (QED) is 0.656. The van der Waals surface area contributed by atoms with Gasteiger partial charge in [-0.3, -0.25) is 0 Å². The van der Waals surface area contributed by atoms with Gasteiger partial charge in [0.15, 0.2) is 0 Å². The molecule has 0 amide bonds. The van der Waals surface area contributed by atoms with Gasteiger partial charge in [0.1, 0.15) is 11.4 Å². The third-order valence-corrected chi connectivity index (χ3v) is 3.73. The smallest absolute Gasteiger partial charge is 0.343 e. The second-order valence-electron chi connectivity index (χ2n) is 5.56. The minimum Gasteiger partial charge on any atom is -0.462 e. The minimum atomic E-state index is -0.698. The first-order valence-electron chi connectivity index (χ1n) is 7.10. The number of ether oxygens (including phenoxy) is 1. The zero-order chi connectivity index (χ0) is 15.5. The summed E-state index contributed by atoms with van der Waals surface area (Å²) < 4.78 is 4.99. The van der Waals surface area contributed by atoms with Crippen LogP contribution in [0.1, 0.15) is 49.9 Å². The van der Waals surface area contributed by atoms with Gasteiger partial charge < -0.3 is 15.2 Å². The molecule has 1 aliphatic rings. The van der Waals surface area contributed by atoms with E-state index in [2.05, 4.69) is 15.3 Å². The maximum atomic E-state index is 11.9. The monoisotopic (exact) mass is 313 g/mol. The molecule has 116 valence electrons. The lowest BCUT2D eigenvalue weighted by Crippen LogP contribution is -2.38. The Morgan fingerprint density at radius 2 is 2.43 bits per heavy atom. The summed E-state index contributed by atoms with van der Waals surface area (Å²) in [5, 5.41) is 13.4. The van der Waals surface area contributed by atoms with Crippen LogP contribution in [0, 0.1) is 0 Å². The van der Waals surface area contributed by atoms with Gasteiger partial charge in [-0.2, -0.15) is 4.98 Å². The number of aliphatic hydroxyl groups is 1. The van der Waals surface area contributed by atoms with Crippen molar-refractivity contribution in [2.45, 2.75) is 51.2 Å². The lowest BCUT2D eigenvalue weighted by atomic mass is 9.83. The molecule has 2 unspecified atom stereocenters. The molecule has 1 fully saturated rings. The van der Waals surface area contributed by atoms with Gasteiger partial charge in [-0.25, -0.2) is 9.78 Å². The fraction of sp³-hybridized carbons (Fsp3) is 0.643. The Hall–Kier alpha value is -1.40. The zero-order valence-corrected chi connectivity index (χ0v) is 13.0. The topological polar surface area (TPSA) is 84.3 Å². The molecule has 1 aromatic rings. The SMILES string of the molecule is CCOC(=O)c1cnc(Cl)nc1NC1CCCC(C)(O)C1. The van der Waals surface area contributed by atoms with Crippen molar-refractivity contribution in [1.82, 2.24) is 9.97 Å². The fourth-order valence-corrected chi connectivity index (χ4v) is 2.74. The molecule has 1 saturated carbocycles. The molecule has 1 aromatic heterocycles. The van der Waals surface area contributed by atoms with Crippen molar-refractivity contribution in [3.63, 3.8) is 0 Å². The van der Waals surface area contributed by atoms with E-state index in [1.165, 1.54) is 6.20 Å². The number of anilines is 1. The summed E-state index contributed by atoms with van der Waals surface area (Å²) in [5.74, 6) is -0.129. The fourth-order valence-electron chi connectivity index (χ4n) is 2.61. The lowest BCUT2D eigenvalue weighted by molar-refractivity contribution is 0.0182. The molecule has 7 heteroatoms. The molecule has 6 nitrogen and oxygen atoms in total. The van der Waals surface area contributed by atoms with Crippen molar-refractivity contribution < 1.29 is 14.6 Å². The summed E-state index contributed by atoms with van der Waals surface area (Å²) in [6, 6.07) is 0.0351. The first-order valence-corrected chi connectivity index (χ1v) is 7.47.